The molecule has 6 nitrogen and oxygen atoms in total. The largest absolute Gasteiger partial charge is 0.497 e. The topological polar surface area (TPSA) is 90.7 Å². The lowest BCUT2D eigenvalue weighted by Gasteiger charge is -2.07. The van der Waals surface area contributed by atoms with Crippen molar-refractivity contribution >= 4 is 11.0 Å². The molecule has 0 aliphatic heterocycles. The van der Waals surface area contributed by atoms with Gasteiger partial charge in [0.25, 0.3) is 5.88 Å². The van der Waals surface area contributed by atoms with Crippen molar-refractivity contribution in [3.63, 3.8) is 0 Å². The summed E-state index contributed by atoms with van der Waals surface area (Å²) in [5.41, 5.74) is 6.14. The molecule has 0 fully saturated rings. The van der Waals surface area contributed by atoms with Crippen molar-refractivity contribution in [2.24, 2.45) is 5.73 Å². The third-order valence-corrected chi connectivity index (χ3v) is 2.31. The van der Waals surface area contributed by atoms with E-state index in [1.807, 2.05) is 0 Å². The van der Waals surface area contributed by atoms with E-state index in [9.17, 15) is 0 Å². The fourth-order valence-corrected chi connectivity index (χ4v) is 1.37. The predicted molar refractivity (Wildman–Crippen MR) is 61.1 cm³/mol. The Morgan fingerprint density at radius 1 is 1.53 bits per heavy atom. The number of aromatic nitrogens is 1. The summed E-state index contributed by atoms with van der Waals surface area (Å²) in [5.74, 6) is 1.04. The maximum atomic E-state index is 8.79. The van der Waals surface area contributed by atoms with Gasteiger partial charge in [-0.3, -0.25) is 0 Å². The van der Waals surface area contributed by atoms with E-state index in [-0.39, 0.29) is 13.2 Å². The zero-order chi connectivity index (χ0) is 12.3. The molecular weight excluding hydrogens is 224 g/mol. The highest BCUT2D eigenvalue weighted by molar-refractivity contribution is 5.83. The normalized spacial score (nSPS) is 12.6. The highest BCUT2D eigenvalue weighted by Crippen LogP contribution is 2.28. The molecule has 1 aromatic carbocycles. The molecule has 2 aromatic rings. The fourth-order valence-electron chi connectivity index (χ4n) is 1.37. The van der Waals surface area contributed by atoms with Crippen LogP contribution >= 0.6 is 0 Å². The van der Waals surface area contributed by atoms with E-state index in [4.69, 9.17) is 24.8 Å². The molecule has 1 atom stereocenters. The second-order valence-corrected chi connectivity index (χ2v) is 3.60. The second kappa shape index (κ2) is 5.03. The van der Waals surface area contributed by atoms with Crippen molar-refractivity contribution in [2.75, 3.05) is 20.3 Å². The van der Waals surface area contributed by atoms with Gasteiger partial charge >= 0.3 is 0 Å². The number of hydrogen-bond acceptors (Lipinski definition) is 6. The lowest BCUT2D eigenvalue weighted by atomic mass is 10.2. The number of fused-ring (bicyclic) bond motifs is 1. The summed E-state index contributed by atoms with van der Waals surface area (Å²) >= 11 is 0. The molecule has 0 aliphatic carbocycles. The van der Waals surface area contributed by atoms with E-state index in [1.54, 1.807) is 25.3 Å². The van der Waals surface area contributed by atoms with Crippen molar-refractivity contribution in [3.05, 3.63) is 18.2 Å². The highest BCUT2D eigenvalue weighted by Gasteiger charge is 2.11. The van der Waals surface area contributed by atoms with Gasteiger partial charge in [0.1, 0.15) is 12.4 Å². The van der Waals surface area contributed by atoms with Crippen LogP contribution in [0.15, 0.2) is 22.7 Å². The Kier molecular flexibility index (Phi) is 3.46. The summed E-state index contributed by atoms with van der Waals surface area (Å²) in [7, 11) is 1.58. The summed E-state index contributed by atoms with van der Waals surface area (Å²) in [4.78, 5) is 0. The third kappa shape index (κ3) is 2.48. The fraction of sp³-hybridized carbons (Fsp3) is 0.364. The first-order valence-electron chi connectivity index (χ1n) is 5.17. The SMILES string of the molecule is COc1ccc2onc(OCC(N)CO)c2c1. The highest BCUT2D eigenvalue weighted by atomic mass is 16.5. The minimum Gasteiger partial charge on any atom is -0.497 e. The molecule has 0 bridgehead atoms. The number of rotatable bonds is 5. The average Bonchev–Trinajstić information content (AvgIpc) is 2.78. The molecule has 1 aromatic heterocycles. The van der Waals surface area contributed by atoms with Gasteiger partial charge in [-0.05, 0) is 23.4 Å². The minimum atomic E-state index is -0.438. The molecule has 2 rings (SSSR count). The van der Waals surface area contributed by atoms with Gasteiger partial charge in [-0.25, -0.2) is 0 Å². The van der Waals surface area contributed by atoms with Crippen LogP contribution in [0, 0.1) is 0 Å². The summed E-state index contributed by atoms with van der Waals surface area (Å²) in [6.45, 7) is 0.0362. The quantitative estimate of drug-likeness (QED) is 0.789. The second-order valence-electron chi connectivity index (χ2n) is 3.60. The summed E-state index contributed by atoms with van der Waals surface area (Å²) in [5, 5.41) is 13.3. The van der Waals surface area contributed by atoms with Crippen molar-refractivity contribution in [1.29, 1.82) is 0 Å². The van der Waals surface area contributed by atoms with Gasteiger partial charge in [0.05, 0.1) is 25.1 Å². The van der Waals surface area contributed by atoms with Crippen LogP contribution in [0.2, 0.25) is 0 Å². The predicted octanol–water partition coefficient (Wildman–Crippen LogP) is 0.535. The summed E-state index contributed by atoms with van der Waals surface area (Å²) in [6, 6.07) is 4.86. The number of hydrogen-bond donors (Lipinski definition) is 2. The molecule has 0 aliphatic rings. The van der Waals surface area contributed by atoms with Crippen LogP contribution in [0.5, 0.6) is 11.6 Å². The van der Waals surface area contributed by atoms with Crippen LogP contribution in [-0.2, 0) is 0 Å². The Hall–Kier alpha value is -1.79. The maximum absolute atomic E-state index is 8.79. The van der Waals surface area contributed by atoms with E-state index in [1.165, 1.54) is 0 Å². The number of nitrogens with zero attached hydrogens (tertiary/aromatic N) is 1. The number of benzene rings is 1. The van der Waals surface area contributed by atoms with Crippen LogP contribution in [-0.4, -0.2) is 36.6 Å². The van der Waals surface area contributed by atoms with E-state index in [2.05, 4.69) is 5.16 Å². The Morgan fingerprint density at radius 2 is 2.35 bits per heavy atom. The summed E-state index contributed by atoms with van der Waals surface area (Å²) in [6.07, 6.45) is 0. The minimum absolute atomic E-state index is 0.140. The molecule has 0 saturated carbocycles. The van der Waals surface area contributed by atoms with Crippen molar-refractivity contribution in [2.45, 2.75) is 6.04 Å². The molecule has 3 N–H and O–H groups in total. The van der Waals surface area contributed by atoms with Gasteiger partial charge in [0, 0.05) is 0 Å². The van der Waals surface area contributed by atoms with Crippen LogP contribution < -0.4 is 15.2 Å². The number of methoxy groups -OCH3 is 1. The van der Waals surface area contributed by atoms with Gasteiger partial charge in [-0.15, -0.1) is 0 Å². The van der Waals surface area contributed by atoms with E-state index in [0.717, 1.165) is 5.39 Å². The molecule has 92 valence electrons. The molecule has 1 unspecified atom stereocenters. The van der Waals surface area contributed by atoms with Gasteiger partial charge < -0.3 is 24.8 Å². The lowest BCUT2D eigenvalue weighted by molar-refractivity contribution is 0.198. The molecule has 0 radical (unpaired) electrons. The Morgan fingerprint density at radius 3 is 3.06 bits per heavy atom. The van der Waals surface area contributed by atoms with Crippen LogP contribution in [0.25, 0.3) is 11.0 Å². The molecule has 6 heteroatoms. The van der Waals surface area contributed by atoms with Crippen LogP contribution in [0.1, 0.15) is 0 Å². The van der Waals surface area contributed by atoms with Crippen LogP contribution in [0.3, 0.4) is 0 Å². The number of nitrogens with two attached hydrogens (primary N) is 1. The first-order valence-corrected chi connectivity index (χ1v) is 5.17. The van der Waals surface area contributed by atoms with Gasteiger partial charge in [-0.1, -0.05) is 0 Å². The monoisotopic (exact) mass is 238 g/mol. The van der Waals surface area contributed by atoms with E-state index in [0.29, 0.717) is 17.2 Å². The molecule has 0 amide bonds. The zero-order valence-electron chi connectivity index (χ0n) is 9.42. The lowest BCUT2D eigenvalue weighted by Crippen LogP contribution is -2.31. The van der Waals surface area contributed by atoms with Crippen molar-refractivity contribution < 1.29 is 19.1 Å². The summed E-state index contributed by atoms with van der Waals surface area (Å²) < 4.78 is 15.6. The molecular formula is C11H14N2O4. The maximum Gasteiger partial charge on any atom is 0.262 e. The van der Waals surface area contributed by atoms with Gasteiger partial charge in [0.15, 0.2) is 5.58 Å². The Bertz CT molecular complexity index is 497. The molecule has 0 saturated heterocycles. The smallest absolute Gasteiger partial charge is 0.262 e. The Labute approximate surface area is 97.9 Å². The first kappa shape index (κ1) is 11.7. The molecule has 0 spiro atoms. The average molecular weight is 238 g/mol. The number of aliphatic hydroxyl groups excluding tert-OH is 1. The van der Waals surface area contributed by atoms with E-state index < -0.39 is 6.04 Å². The third-order valence-electron chi connectivity index (χ3n) is 2.31. The van der Waals surface area contributed by atoms with Crippen molar-refractivity contribution in [1.82, 2.24) is 5.16 Å². The first-order chi connectivity index (χ1) is 8.24. The number of aliphatic hydroxyl groups is 1. The van der Waals surface area contributed by atoms with E-state index >= 15 is 0 Å². The van der Waals surface area contributed by atoms with Crippen molar-refractivity contribution in [3.8, 4) is 11.6 Å². The van der Waals surface area contributed by atoms with Gasteiger partial charge in [0.2, 0.25) is 0 Å². The Balaban J connectivity index is 2.22. The number of ether oxygens (including phenoxy) is 2. The molecule has 17 heavy (non-hydrogen) atoms. The van der Waals surface area contributed by atoms with Gasteiger partial charge in [-0.2, -0.15) is 0 Å². The standard InChI is InChI=1S/C11H14N2O4/c1-15-8-2-3-10-9(4-8)11(13-17-10)16-6-7(12)5-14/h2-4,7,14H,5-6,12H2,1H3. The molecule has 1 heterocycles. The zero-order valence-corrected chi connectivity index (χ0v) is 9.42. The van der Waals surface area contributed by atoms with Crippen LogP contribution in [0.4, 0.5) is 0 Å².